The van der Waals surface area contributed by atoms with Gasteiger partial charge in [0.05, 0.1) is 17.7 Å². The lowest BCUT2D eigenvalue weighted by Gasteiger charge is -2.33. The summed E-state index contributed by atoms with van der Waals surface area (Å²) in [5.74, 6) is -0.0777. The Bertz CT molecular complexity index is 1390. The van der Waals surface area contributed by atoms with Crippen LogP contribution in [0.5, 0.6) is 5.75 Å². The van der Waals surface area contributed by atoms with E-state index in [0.29, 0.717) is 24.4 Å². The number of sulfonamides is 1. The van der Waals surface area contributed by atoms with Crippen molar-refractivity contribution in [1.29, 1.82) is 0 Å². The second kappa shape index (κ2) is 14.0. The molecule has 0 saturated heterocycles. The van der Waals surface area contributed by atoms with Crippen molar-refractivity contribution in [2.24, 2.45) is 0 Å². The van der Waals surface area contributed by atoms with E-state index in [2.05, 4.69) is 5.32 Å². The number of benzene rings is 3. The van der Waals surface area contributed by atoms with E-state index >= 15 is 0 Å². The summed E-state index contributed by atoms with van der Waals surface area (Å²) in [5, 5.41) is 2.89. The van der Waals surface area contributed by atoms with Crippen LogP contribution in [0.25, 0.3) is 0 Å². The summed E-state index contributed by atoms with van der Waals surface area (Å²) in [7, 11) is -2.52. The minimum Gasteiger partial charge on any atom is -0.497 e. The van der Waals surface area contributed by atoms with Crippen molar-refractivity contribution in [3.05, 3.63) is 89.5 Å². The van der Waals surface area contributed by atoms with Crippen molar-refractivity contribution in [2.75, 3.05) is 24.5 Å². The number of aryl methyl sites for hydroxylation is 2. The van der Waals surface area contributed by atoms with Gasteiger partial charge in [0.2, 0.25) is 11.8 Å². The fourth-order valence-corrected chi connectivity index (χ4v) is 5.77. The molecule has 0 aliphatic carbocycles. The Morgan fingerprint density at radius 3 is 2.17 bits per heavy atom. The zero-order valence-corrected chi connectivity index (χ0v) is 24.7. The predicted molar refractivity (Wildman–Crippen MR) is 158 cm³/mol. The van der Waals surface area contributed by atoms with Crippen LogP contribution in [0.2, 0.25) is 0 Å². The molecule has 0 bridgehead atoms. The normalized spacial score (nSPS) is 11.9. The first-order valence-electron chi connectivity index (χ1n) is 13.5. The third-order valence-corrected chi connectivity index (χ3v) is 8.62. The van der Waals surface area contributed by atoms with Crippen LogP contribution in [-0.4, -0.2) is 51.4 Å². The van der Waals surface area contributed by atoms with Crippen molar-refractivity contribution in [3.63, 3.8) is 0 Å². The molecule has 1 atom stereocenters. The number of methoxy groups -OCH3 is 1. The molecule has 2 amide bonds. The maximum atomic E-state index is 14.1. The van der Waals surface area contributed by atoms with E-state index in [-0.39, 0.29) is 17.3 Å². The Labute approximate surface area is 238 Å². The molecule has 214 valence electrons. The molecule has 3 aromatic rings. The van der Waals surface area contributed by atoms with Gasteiger partial charge in [0.1, 0.15) is 18.3 Å². The van der Waals surface area contributed by atoms with Gasteiger partial charge in [-0.15, -0.1) is 0 Å². The summed E-state index contributed by atoms with van der Waals surface area (Å²) in [5.41, 5.74) is 3.08. The van der Waals surface area contributed by atoms with Gasteiger partial charge in [-0.2, -0.15) is 0 Å². The molecule has 0 heterocycles. The Kier molecular flexibility index (Phi) is 10.7. The number of carbonyl (C=O) groups excluding carboxylic acids is 2. The fourth-order valence-electron chi connectivity index (χ4n) is 4.34. The number of carbonyl (C=O) groups is 2. The van der Waals surface area contributed by atoms with Crippen LogP contribution < -0.4 is 14.4 Å². The van der Waals surface area contributed by atoms with Crippen LogP contribution >= 0.6 is 0 Å². The van der Waals surface area contributed by atoms with Crippen LogP contribution in [0.4, 0.5) is 5.69 Å². The van der Waals surface area contributed by atoms with Gasteiger partial charge in [0, 0.05) is 13.1 Å². The Morgan fingerprint density at radius 2 is 1.60 bits per heavy atom. The average molecular weight is 566 g/mol. The highest BCUT2D eigenvalue weighted by Gasteiger charge is 2.33. The molecule has 3 aromatic carbocycles. The molecule has 0 radical (unpaired) electrons. The zero-order valence-electron chi connectivity index (χ0n) is 23.9. The maximum absolute atomic E-state index is 14.1. The molecular weight excluding hydrogens is 526 g/mol. The SMILES string of the molecule is CCCNC(=O)[C@H](CC)N(Cc1ccc(OC)cc1)C(=O)CN(c1ccc(C)c(C)c1)S(=O)(=O)c1ccccc1. The van der Waals surface area contributed by atoms with Gasteiger partial charge in [-0.25, -0.2) is 8.42 Å². The van der Waals surface area contributed by atoms with E-state index in [4.69, 9.17) is 4.74 Å². The minimum absolute atomic E-state index is 0.0791. The van der Waals surface area contributed by atoms with Crippen LogP contribution in [0, 0.1) is 13.8 Å². The standard InChI is InChI=1S/C31H39N3O5S/c1-6-19-32-31(36)29(7-2)33(21-25-14-17-27(39-5)18-15-25)30(35)22-34(26-16-13-23(3)24(4)20-26)40(37,38)28-11-9-8-10-12-28/h8-18,20,29H,6-7,19,21-22H2,1-5H3,(H,32,36)/t29-/m0/s1. The monoisotopic (exact) mass is 565 g/mol. The van der Waals surface area contributed by atoms with E-state index in [0.717, 1.165) is 27.4 Å². The van der Waals surface area contributed by atoms with Gasteiger partial charge >= 0.3 is 0 Å². The number of nitrogens with zero attached hydrogens (tertiary/aromatic N) is 2. The minimum atomic E-state index is -4.09. The smallest absolute Gasteiger partial charge is 0.264 e. The number of hydrogen-bond donors (Lipinski definition) is 1. The van der Waals surface area contributed by atoms with Crippen molar-refractivity contribution >= 4 is 27.5 Å². The summed E-state index contributed by atoms with van der Waals surface area (Å²) in [6.07, 6.45) is 1.12. The fraction of sp³-hybridized carbons (Fsp3) is 0.355. The van der Waals surface area contributed by atoms with Crippen molar-refractivity contribution in [1.82, 2.24) is 10.2 Å². The highest BCUT2D eigenvalue weighted by molar-refractivity contribution is 7.92. The first kappa shape index (κ1) is 30.7. The van der Waals surface area contributed by atoms with Gasteiger partial charge in [0.25, 0.3) is 10.0 Å². The topological polar surface area (TPSA) is 96.0 Å². The quantitative estimate of drug-likeness (QED) is 0.320. The lowest BCUT2D eigenvalue weighted by molar-refractivity contribution is -0.140. The van der Waals surface area contributed by atoms with E-state index in [9.17, 15) is 18.0 Å². The van der Waals surface area contributed by atoms with Crippen LogP contribution in [-0.2, 0) is 26.2 Å². The molecule has 9 heteroatoms. The Balaban J connectivity index is 2.05. The third-order valence-electron chi connectivity index (χ3n) is 6.84. The van der Waals surface area contributed by atoms with Crippen molar-refractivity contribution in [3.8, 4) is 5.75 Å². The van der Waals surface area contributed by atoms with Gasteiger partial charge in [0.15, 0.2) is 0 Å². The van der Waals surface area contributed by atoms with Crippen molar-refractivity contribution < 1.29 is 22.7 Å². The van der Waals surface area contributed by atoms with Gasteiger partial charge in [-0.3, -0.25) is 13.9 Å². The first-order valence-corrected chi connectivity index (χ1v) is 14.9. The number of ether oxygens (including phenoxy) is 1. The second-order valence-corrected chi connectivity index (χ2v) is 11.5. The maximum Gasteiger partial charge on any atom is 0.264 e. The summed E-state index contributed by atoms with van der Waals surface area (Å²) >= 11 is 0. The van der Waals surface area contributed by atoms with Crippen LogP contribution in [0.15, 0.2) is 77.7 Å². The summed E-state index contributed by atoms with van der Waals surface area (Å²) in [4.78, 5) is 28.8. The van der Waals surface area contributed by atoms with Gasteiger partial charge in [-0.1, -0.05) is 50.2 Å². The Hall–Kier alpha value is -3.85. The zero-order chi connectivity index (χ0) is 29.3. The Morgan fingerprint density at radius 1 is 0.925 bits per heavy atom. The number of amides is 2. The molecule has 0 aliphatic rings. The summed E-state index contributed by atoms with van der Waals surface area (Å²) < 4.78 is 34.2. The molecule has 0 aromatic heterocycles. The number of hydrogen-bond acceptors (Lipinski definition) is 5. The summed E-state index contributed by atoms with van der Waals surface area (Å²) in [6, 6.07) is 19.8. The summed E-state index contributed by atoms with van der Waals surface area (Å²) in [6.45, 7) is 7.79. The van der Waals surface area contributed by atoms with Crippen LogP contribution in [0.3, 0.4) is 0 Å². The average Bonchev–Trinajstić information content (AvgIpc) is 2.96. The number of rotatable bonds is 13. The molecule has 1 N–H and O–H groups in total. The second-order valence-electron chi connectivity index (χ2n) is 9.68. The lowest BCUT2D eigenvalue weighted by atomic mass is 10.1. The highest BCUT2D eigenvalue weighted by atomic mass is 32.2. The molecular formula is C31H39N3O5S. The molecule has 3 rings (SSSR count). The van der Waals surface area contributed by atoms with Gasteiger partial charge in [-0.05, 0) is 79.8 Å². The largest absolute Gasteiger partial charge is 0.497 e. The number of anilines is 1. The van der Waals surface area contributed by atoms with E-state index < -0.39 is 28.5 Å². The van der Waals surface area contributed by atoms with E-state index in [1.807, 2.05) is 45.9 Å². The molecule has 0 saturated carbocycles. The van der Waals surface area contributed by atoms with Crippen molar-refractivity contribution in [2.45, 2.75) is 58.0 Å². The highest BCUT2D eigenvalue weighted by Crippen LogP contribution is 2.27. The third kappa shape index (κ3) is 7.41. The van der Waals surface area contributed by atoms with Gasteiger partial charge < -0.3 is 15.0 Å². The molecule has 0 spiro atoms. The van der Waals surface area contributed by atoms with E-state index in [1.165, 1.54) is 17.0 Å². The molecule has 0 fully saturated rings. The molecule has 0 aliphatic heterocycles. The van der Waals surface area contributed by atoms with E-state index in [1.54, 1.807) is 49.6 Å². The lowest BCUT2D eigenvalue weighted by Crippen LogP contribution is -2.52. The van der Waals surface area contributed by atoms with Crippen LogP contribution in [0.1, 0.15) is 43.4 Å². The molecule has 8 nitrogen and oxygen atoms in total. The molecule has 40 heavy (non-hydrogen) atoms. The molecule has 0 unspecified atom stereocenters. The predicted octanol–water partition coefficient (Wildman–Crippen LogP) is 4.84. The number of nitrogens with one attached hydrogen (secondary N) is 1. The first-order chi connectivity index (χ1) is 19.1.